The van der Waals surface area contributed by atoms with Gasteiger partial charge in [0.15, 0.2) is 0 Å². The first-order valence-electron chi connectivity index (χ1n) is 6.94. The van der Waals surface area contributed by atoms with Crippen molar-refractivity contribution < 1.29 is 4.79 Å². The van der Waals surface area contributed by atoms with Crippen molar-refractivity contribution >= 4 is 23.6 Å². The number of carbonyl (C=O) groups is 1. The lowest BCUT2D eigenvalue weighted by Crippen LogP contribution is -2.21. The molecule has 0 heterocycles. The fraction of sp³-hybridized carbons (Fsp3) is 0.438. The Morgan fingerprint density at radius 1 is 1.16 bits per heavy atom. The van der Waals surface area contributed by atoms with E-state index in [0.29, 0.717) is 5.02 Å². The van der Waals surface area contributed by atoms with E-state index in [4.69, 9.17) is 11.6 Å². The van der Waals surface area contributed by atoms with Gasteiger partial charge in [-0.3, -0.25) is 4.79 Å². The first-order chi connectivity index (χ1) is 9.22. The van der Waals surface area contributed by atoms with Gasteiger partial charge in [0.2, 0.25) is 5.91 Å². The van der Waals surface area contributed by atoms with Crippen molar-refractivity contribution in [2.24, 2.45) is 0 Å². The number of amides is 1. The van der Waals surface area contributed by atoms with Gasteiger partial charge in [0, 0.05) is 17.6 Å². The highest BCUT2D eigenvalue weighted by molar-refractivity contribution is 6.30. The van der Waals surface area contributed by atoms with Crippen LogP contribution in [0.2, 0.25) is 5.02 Å². The van der Waals surface area contributed by atoms with Crippen molar-refractivity contribution in [2.45, 2.75) is 39.0 Å². The SMILES string of the molecule is CCCCCCCNC(=O)/C=C/c1ccc(Cl)cc1. The number of rotatable bonds is 8. The molecular formula is C16H22ClNO. The third-order valence-electron chi connectivity index (χ3n) is 2.88. The summed E-state index contributed by atoms with van der Waals surface area (Å²) < 4.78 is 0. The summed E-state index contributed by atoms with van der Waals surface area (Å²) in [6.07, 6.45) is 9.39. The van der Waals surface area contributed by atoms with Gasteiger partial charge >= 0.3 is 0 Å². The highest BCUT2D eigenvalue weighted by Gasteiger charge is 1.95. The van der Waals surface area contributed by atoms with Crippen LogP contribution in [0.25, 0.3) is 6.08 Å². The molecular weight excluding hydrogens is 258 g/mol. The van der Waals surface area contributed by atoms with E-state index < -0.39 is 0 Å². The molecule has 104 valence electrons. The molecule has 1 amide bonds. The van der Waals surface area contributed by atoms with Gasteiger partial charge in [-0.15, -0.1) is 0 Å². The molecule has 0 unspecified atom stereocenters. The quantitative estimate of drug-likeness (QED) is 0.553. The molecule has 0 saturated heterocycles. The molecule has 19 heavy (non-hydrogen) atoms. The number of hydrogen-bond donors (Lipinski definition) is 1. The van der Waals surface area contributed by atoms with Gasteiger partial charge in [-0.05, 0) is 30.2 Å². The summed E-state index contributed by atoms with van der Waals surface area (Å²) in [6, 6.07) is 7.40. The molecule has 3 heteroatoms. The van der Waals surface area contributed by atoms with E-state index in [9.17, 15) is 4.79 Å². The minimum absolute atomic E-state index is 0.0366. The summed E-state index contributed by atoms with van der Waals surface area (Å²) in [6.45, 7) is 2.96. The van der Waals surface area contributed by atoms with Crippen LogP contribution >= 0.6 is 11.6 Å². The zero-order chi connectivity index (χ0) is 13.9. The lowest BCUT2D eigenvalue weighted by Gasteiger charge is -2.02. The van der Waals surface area contributed by atoms with Crippen molar-refractivity contribution in [1.29, 1.82) is 0 Å². The number of nitrogens with one attached hydrogen (secondary N) is 1. The van der Waals surface area contributed by atoms with Gasteiger partial charge < -0.3 is 5.32 Å². The third kappa shape index (κ3) is 7.68. The molecule has 0 saturated carbocycles. The molecule has 1 rings (SSSR count). The summed E-state index contributed by atoms with van der Waals surface area (Å²) in [5.41, 5.74) is 0.975. The standard InChI is InChI=1S/C16H22ClNO/c1-2-3-4-5-6-13-18-16(19)12-9-14-7-10-15(17)11-8-14/h7-12H,2-6,13H2,1H3,(H,18,19)/b12-9+. The maximum Gasteiger partial charge on any atom is 0.243 e. The average Bonchev–Trinajstić information content (AvgIpc) is 2.42. The van der Waals surface area contributed by atoms with Gasteiger partial charge in [-0.1, -0.05) is 56.3 Å². The second-order valence-corrected chi connectivity index (χ2v) is 5.03. The number of unbranched alkanes of at least 4 members (excludes halogenated alkanes) is 4. The molecule has 0 radical (unpaired) electrons. The molecule has 0 spiro atoms. The second-order valence-electron chi connectivity index (χ2n) is 4.59. The lowest BCUT2D eigenvalue weighted by atomic mass is 10.1. The summed E-state index contributed by atoms with van der Waals surface area (Å²) in [5.74, 6) is -0.0366. The van der Waals surface area contributed by atoms with Crippen molar-refractivity contribution in [3.05, 3.63) is 40.9 Å². The molecule has 1 N–H and O–H groups in total. The van der Waals surface area contributed by atoms with Crippen LogP contribution in [0.15, 0.2) is 30.3 Å². The summed E-state index contributed by atoms with van der Waals surface area (Å²) >= 11 is 5.79. The Hall–Kier alpha value is -1.28. The zero-order valence-corrected chi connectivity index (χ0v) is 12.2. The van der Waals surface area contributed by atoms with E-state index in [1.165, 1.54) is 25.7 Å². The maximum absolute atomic E-state index is 11.5. The second kappa shape index (κ2) is 9.62. The van der Waals surface area contributed by atoms with Gasteiger partial charge in [0.25, 0.3) is 0 Å². The van der Waals surface area contributed by atoms with Crippen LogP contribution in [0.1, 0.15) is 44.6 Å². The number of hydrogen-bond acceptors (Lipinski definition) is 1. The molecule has 0 bridgehead atoms. The molecule has 0 aliphatic rings. The van der Waals surface area contributed by atoms with E-state index >= 15 is 0 Å². The highest BCUT2D eigenvalue weighted by atomic mass is 35.5. The Kier molecular flexibility index (Phi) is 7.99. The van der Waals surface area contributed by atoms with Gasteiger partial charge in [-0.25, -0.2) is 0 Å². The van der Waals surface area contributed by atoms with Crippen molar-refractivity contribution in [2.75, 3.05) is 6.54 Å². The Morgan fingerprint density at radius 2 is 1.84 bits per heavy atom. The minimum atomic E-state index is -0.0366. The van der Waals surface area contributed by atoms with Gasteiger partial charge in [0.1, 0.15) is 0 Å². The van der Waals surface area contributed by atoms with Gasteiger partial charge in [-0.2, -0.15) is 0 Å². The largest absolute Gasteiger partial charge is 0.353 e. The predicted octanol–water partition coefficient (Wildman–Crippen LogP) is 4.44. The fourth-order valence-corrected chi connectivity index (χ4v) is 1.87. The van der Waals surface area contributed by atoms with E-state index in [0.717, 1.165) is 18.5 Å². The number of halogens is 1. The van der Waals surface area contributed by atoms with Crippen molar-refractivity contribution in [3.8, 4) is 0 Å². The van der Waals surface area contributed by atoms with Crippen LogP contribution < -0.4 is 5.32 Å². The van der Waals surface area contributed by atoms with E-state index in [2.05, 4.69) is 12.2 Å². The molecule has 1 aromatic rings. The topological polar surface area (TPSA) is 29.1 Å². The number of benzene rings is 1. The van der Waals surface area contributed by atoms with Crippen LogP contribution in [0, 0.1) is 0 Å². The Balaban J connectivity index is 2.18. The average molecular weight is 280 g/mol. The minimum Gasteiger partial charge on any atom is -0.353 e. The summed E-state index contributed by atoms with van der Waals surface area (Å²) in [4.78, 5) is 11.5. The van der Waals surface area contributed by atoms with Crippen LogP contribution in [-0.2, 0) is 4.79 Å². The van der Waals surface area contributed by atoms with Crippen LogP contribution in [-0.4, -0.2) is 12.5 Å². The lowest BCUT2D eigenvalue weighted by molar-refractivity contribution is -0.116. The van der Waals surface area contributed by atoms with E-state index in [-0.39, 0.29) is 5.91 Å². The van der Waals surface area contributed by atoms with Crippen LogP contribution in [0.4, 0.5) is 0 Å². The predicted molar refractivity (Wildman–Crippen MR) is 82.3 cm³/mol. The van der Waals surface area contributed by atoms with E-state index in [1.54, 1.807) is 12.2 Å². The van der Waals surface area contributed by atoms with Crippen molar-refractivity contribution in [3.63, 3.8) is 0 Å². The van der Waals surface area contributed by atoms with Crippen LogP contribution in [0.3, 0.4) is 0 Å². The normalized spacial score (nSPS) is 10.8. The molecule has 2 nitrogen and oxygen atoms in total. The highest BCUT2D eigenvalue weighted by Crippen LogP contribution is 2.10. The third-order valence-corrected chi connectivity index (χ3v) is 3.13. The Morgan fingerprint density at radius 3 is 2.53 bits per heavy atom. The monoisotopic (exact) mass is 279 g/mol. The molecule has 0 atom stereocenters. The first-order valence-corrected chi connectivity index (χ1v) is 7.31. The molecule has 0 aliphatic heterocycles. The Bertz CT molecular complexity index is 398. The molecule has 0 aliphatic carbocycles. The first kappa shape index (κ1) is 15.8. The maximum atomic E-state index is 11.5. The molecule has 0 aromatic heterocycles. The number of carbonyl (C=O) groups excluding carboxylic acids is 1. The smallest absolute Gasteiger partial charge is 0.243 e. The van der Waals surface area contributed by atoms with Gasteiger partial charge in [0.05, 0.1) is 0 Å². The zero-order valence-electron chi connectivity index (χ0n) is 11.5. The summed E-state index contributed by atoms with van der Waals surface area (Å²) in [7, 11) is 0. The van der Waals surface area contributed by atoms with Crippen LogP contribution in [0.5, 0.6) is 0 Å². The summed E-state index contributed by atoms with van der Waals surface area (Å²) in [5, 5.41) is 3.59. The van der Waals surface area contributed by atoms with Crippen molar-refractivity contribution in [1.82, 2.24) is 5.32 Å². The fourth-order valence-electron chi connectivity index (χ4n) is 1.74. The molecule has 0 fully saturated rings. The molecule has 1 aromatic carbocycles. The Labute approximate surface area is 120 Å². The van der Waals surface area contributed by atoms with E-state index in [1.807, 2.05) is 24.3 Å².